The summed E-state index contributed by atoms with van der Waals surface area (Å²) >= 11 is 5.81. The highest BCUT2D eigenvalue weighted by atomic mass is 35.5. The average Bonchev–Trinajstić information content (AvgIpc) is 2.69. The van der Waals surface area contributed by atoms with Gasteiger partial charge >= 0.3 is 0 Å². The summed E-state index contributed by atoms with van der Waals surface area (Å²) in [6, 6.07) is 4.98. The van der Waals surface area contributed by atoms with Crippen LogP contribution < -0.4 is 4.74 Å². The minimum atomic E-state index is -3.78. The smallest absolute Gasteiger partial charge is 0.224 e. The molecule has 0 saturated carbocycles. The number of halogens is 1. The lowest BCUT2D eigenvalue weighted by molar-refractivity contribution is -0.117. The van der Waals surface area contributed by atoms with Crippen molar-refractivity contribution in [2.75, 3.05) is 13.1 Å². The number of Topliss-reactive ketones (excluding diaryl/α,β-unsaturated/α-hetero) is 1. The van der Waals surface area contributed by atoms with Crippen molar-refractivity contribution in [2.24, 2.45) is 0 Å². The van der Waals surface area contributed by atoms with Gasteiger partial charge in [-0.2, -0.15) is 0 Å². The number of nitrogens with zero attached hydrogens (tertiary/aromatic N) is 4. The number of piperidine rings is 1. The fraction of sp³-hybridized carbons (Fsp3) is 0.444. The standard InChI is InChI=1S/C18H21ClN4O4S/c1-13(24)11-16(18-20-7-2-8-21-18)28(25,26)23-9-5-15(6-10-23)27-17-4-3-14(19)12-22-17/h2-4,7-8,12,15-16H,5-6,9-11H2,1H3. The Labute approximate surface area is 169 Å². The molecule has 0 N–H and O–H groups in total. The third-order valence-electron chi connectivity index (χ3n) is 4.45. The lowest BCUT2D eigenvalue weighted by Gasteiger charge is -2.33. The highest BCUT2D eigenvalue weighted by molar-refractivity contribution is 7.89. The van der Waals surface area contributed by atoms with Crippen LogP contribution in [0, 0.1) is 0 Å². The maximum absolute atomic E-state index is 13.2. The predicted molar refractivity (Wildman–Crippen MR) is 103 cm³/mol. The molecule has 1 fully saturated rings. The number of carbonyl (C=O) groups is 1. The van der Waals surface area contributed by atoms with Crippen molar-refractivity contribution in [3.63, 3.8) is 0 Å². The molecule has 8 nitrogen and oxygen atoms in total. The summed E-state index contributed by atoms with van der Waals surface area (Å²) in [5.41, 5.74) is 0. The van der Waals surface area contributed by atoms with Crippen molar-refractivity contribution in [3.05, 3.63) is 47.6 Å². The van der Waals surface area contributed by atoms with Crippen LogP contribution in [0.3, 0.4) is 0 Å². The normalized spacial score (nSPS) is 17.2. The van der Waals surface area contributed by atoms with Gasteiger partial charge in [0, 0.05) is 44.2 Å². The Bertz CT molecular complexity index is 901. The van der Waals surface area contributed by atoms with Gasteiger partial charge in [-0.3, -0.25) is 4.79 Å². The first-order valence-corrected chi connectivity index (χ1v) is 10.8. The predicted octanol–water partition coefficient (Wildman–Crippen LogP) is 2.42. The van der Waals surface area contributed by atoms with E-state index < -0.39 is 15.3 Å². The van der Waals surface area contributed by atoms with Crippen LogP contribution in [-0.2, 0) is 14.8 Å². The summed E-state index contributed by atoms with van der Waals surface area (Å²) < 4.78 is 33.5. The summed E-state index contributed by atoms with van der Waals surface area (Å²) in [6.07, 6.45) is 5.20. The van der Waals surface area contributed by atoms with Crippen molar-refractivity contribution >= 4 is 27.4 Å². The molecule has 2 aromatic rings. The Morgan fingerprint density at radius 3 is 2.50 bits per heavy atom. The van der Waals surface area contributed by atoms with Gasteiger partial charge in [0.25, 0.3) is 0 Å². The van der Waals surface area contributed by atoms with E-state index in [0.717, 1.165) is 0 Å². The zero-order valence-corrected chi connectivity index (χ0v) is 16.9. The highest BCUT2D eigenvalue weighted by Gasteiger charge is 2.38. The average molecular weight is 425 g/mol. The quantitative estimate of drug-likeness (QED) is 0.672. The Hall–Kier alpha value is -2.10. The lowest BCUT2D eigenvalue weighted by Crippen LogP contribution is -2.44. The molecule has 150 valence electrons. The first kappa shape index (κ1) is 20.6. The maximum atomic E-state index is 13.2. The number of carbonyl (C=O) groups excluding carboxylic acids is 1. The van der Waals surface area contributed by atoms with E-state index in [-0.39, 0.29) is 24.1 Å². The first-order valence-electron chi connectivity index (χ1n) is 8.90. The van der Waals surface area contributed by atoms with E-state index in [9.17, 15) is 13.2 Å². The molecule has 0 radical (unpaired) electrons. The molecular formula is C18H21ClN4O4S. The second kappa shape index (κ2) is 8.93. The highest BCUT2D eigenvalue weighted by Crippen LogP contribution is 2.29. The van der Waals surface area contributed by atoms with Crippen LogP contribution in [0.15, 0.2) is 36.8 Å². The van der Waals surface area contributed by atoms with Crippen molar-refractivity contribution in [1.29, 1.82) is 0 Å². The van der Waals surface area contributed by atoms with Crippen LogP contribution in [0.4, 0.5) is 0 Å². The molecule has 0 spiro atoms. The largest absolute Gasteiger partial charge is 0.474 e. The molecule has 1 aliphatic rings. The summed E-state index contributed by atoms with van der Waals surface area (Å²) in [7, 11) is -3.78. The van der Waals surface area contributed by atoms with Gasteiger partial charge in [0.1, 0.15) is 23.0 Å². The number of sulfonamides is 1. The number of ether oxygens (including phenoxy) is 1. The Balaban J connectivity index is 1.68. The van der Waals surface area contributed by atoms with Crippen molar-refractivity contribution in [2.45, 2.75) is 37.5 Å². The molecule has 2 aromatic heterocycles. The van der Waals surface area contributed by atoms with Gasteiger partial charge in [-0.1, -0.05) is 11.6 Å². The second-order valence-corrected chi connectivity index (χ2v) is 9.13. The molecule has 10 heteroatoms. The van der Waals surface area contributed by atoms with E-state index in [1.807, 2.05) is 0 Å². The summed E-state index contributed by atoms with van der Waals surface area (Å²) in [4.78, 5) is 23.9. The molecule has 0 bridgehead atoms. The fourth-order valence-corrected chi connectivity index (χ4v) is 5.08. The van der Waals surface area contributed by atoms with Crippen LogP contribution in [0.5, 0.6) is 5.88 Å². The van der Waals surface area contributed by atoms with Gasteiger partial charge in [0.2, 0.25) is 15.9 Å². The number of hydrogen-bond donors (Lipinski definition) is 0. The van der Waals surface area contributed by atoms with Gasteiger partial charge < -0.3 is 4.74 Å². The van der Waals surface area contributed by atoms with Gasteiger partial charge in [-0.05, 0) is 31.9 Å². The van der Waals surface area contributed by atoms with Crippen LogP contribution in [-0.4, -0.2) is 52.7 Å². The van der Waals surface area contributed by atoms with Crippen molar-refractivity contribution in [3.8, 4) is 5.88 Å². The monoisotopic (exact) mass is 424 g/mol. The molecule has 1 saturated heterocycles. The Kier molecular flexibility index (Phi) is 6.58. The van der Waals surface area contributed by atoms with Gasteiger partial charge in [-0.15, -0.1) is 0 Å². The molecule has 0 aromatic carbocycles. The molecule has 1 unspecified atom stereocenters. The van der Waals surface area contributed by atoms with Gasteiger partial charge in [0.15, 0.2) is 0 Å². The lowest BCUT2D eigenvalue weighted by atomic mass is 10.1. The molecule has 1 atom stereocenters. The summed E-state index contributed by atoms with van der Waals surface area (Å²) in [5.74, 6) is 0.368. The second-order valence-electron chi connectivity index (χ2n) is 6.58. The van der Waals surface area contributed by atoms with Crippen molar-refractivity contribution < 1.29 is 17.9 Å². The molecule has 28 heavy (non-hydrogen) atoms. The fourth-order valence-electron chi connectivity index (χ4n) is 3.05. The van der Waals surface area contributed by atoms with E-state index >= 15 is 0 Å². The third-order valence-corrected chi connectivity index (χ3v) is 6.86. The van der Waals surface area contributed by atoms with Crippen LogP contribution in [0.1, 0.15) is 37.3 Å². The molecule has 3 heterocycles. The minimum Gasteiger partial charge on any atom is -0.474 e. The Morgan fingerprint density at radius 1 is 1.25 bits per heavy atom. The van der Waals surface area contributed by atoms with E-state index in [0.29, 0.717) is 36.8 Å². The molecule has 0 aliphatic carbocycles. The molecule has 3 rings (SSSR count). The van der Waals surface area contributed by atoms with E-state index in [2.05, 4.69) is 15.0 Å². The SMILES string of the molecule is CC(=O)CC(c1ncccn1)S(=O)(=O)N1CCC(Oc2ccc(Cl)cn2)CC1. The van der Waals surface area contributed by atoms with Crippen LogP contribution in [0.25, 0.3) is 0 Å². The van der Waals surface area contributed by atoms with Crippen LogP contribution in [0.2, 0.25) is 5.02 Å². The van der Waals surface area contributed by atoms with Crippen LogP contribution >= 0.6 is 11.6 Å². The zero-order chi connectivity index (χ0) is 20.1. The maximum Gasteiger partial charge on any atom is 0.224 e. The number of ketones is 1. The zero-order valence-electron chi connectivity index (χ0n) is 15.4. The number of hydrogen-bond acceptors (Lipinski definition) is 7. The van der Waals surface area contributed by atoms with E-state index in [1.165, 1.54) is 29.8 Å². The molecule has 1 aliphatic heterocycles. The van der Waals surface area contributed by atoms with Crippen molar-refractivity contribution in [1.82, 2.24) is 19.3 Å². The summed E-state index contributed by atoms with van der Waals surface area (Å²) in [5, 5.41) is -0.561. The topological polar surface area (TPSA) is 102 Å². The van der Waals surface area contributed by atoms with Gasteiger partial charge in [-0.25, -0.2) is 27.7 Å². The third kappa shape index (κ3) is 5.03. The van der Waals surface area contributed by atoms with E-state index in [4.69, 9.17) is 16.3 Å². The first-order chi connectivity index (χ1) is 13.4. The number of rotatable bonds is 7. The minimum absolute atomic E-state index is 0.139. The number of pyridine rings is 1. The molecule has 0 amide bonds. The molecular weight excluding hydrogens is 404 g/mol. The van der Waals surface area contributed by atoms with E-state index in [1.54, 1.807) is 18.2 Å². The van der Waals surface area contributed by atoms with Gasteiger partial charge in [0.05, 0.1) is 5.02 Å². The number of aromatic nitrogens is 3. The summed E-state index contributed by atoms with van der Waals surface area (Å²) in [6.45, 7) is 1.95. The Morgan fingerprint density at radius 2 is 1.93 bits per heavy atom.